The lowest BCUT2D eigenvalue weighted by Gasteiger charge is -2.21. The number of H-pyrrole nitrogens is 1. The predicted octanol–water partition coefficient (Wildman–Crippen LogP) is 3.07. The second-order valence-electron chi connectivity index (χ2n) is 7.98. The summed E-state index contributed by atoms with van der Waals surface area (Å²) in [4.78, 5) is 32.8. The zero-order chi connectivity index (χ0) is 22.4. The fourth-order valence-electron chi connectivity index (χ4n) is 4.10. The van der Waals surface area contributed by atoms with Crippen molar-refractivity contribution in [2.24, 2.45) is 0 Å². The smallest absolute Gasteiger partial charge is 0.340 e. The molecule has 0 saturated carbocycles. The standard InChI is InChI=1S/C24H30N4O3/c1-4-31-24(30)22-17(2)23(26-18(22)3)21(29)16-28-11-5-10-27(12-13-28)15-20-8-6-19(14-25)7-9-20/h6-9,26H,4-5,10-13,15-16H2,1-3H3. The number of nitrogens with zero attached hydrogens (tertiary/aromatic N) is 3. The first-order chi connectivity index (χ1) is 14.9. The SMILES string of the molecule is CCOC(=O)c1c(C)[nH]c(C(=O)CN2CCCN(Cc3ccc(C#N)cc3)CC2)c1C. The van der Waals surface area contributed by atoms with Gasteiger partial charge in [-0.25, -0.2) is 4.79 Å². The number of Topliss-reactive ketones (excluding diaryl/α,β-unsaturated/α-hetero) is 1. The second kappa shape index (κ2) is 10.4. The minimum atomic E-state index is -0.388. The number of hydrogen-bond acceptors (Lipinski definition) is 6. The van der Waals surface area contributed by atoms with Gasteiger partial charge < -0.3 is 9.72 Å². The Bertz CT molecular complexity index is 972. The molecule has 1 N–H and O–H groups in total. The summed E-state index contributed by atoms with van der Waals surface area (Å²) in [5.74, 6) is -0.391. The van der Waals surface area contributed by atoms with E-state index >= 15 is 0 Å². The van der Waals surface area contributed by atoms with Gasteiger partial charge in [0.05, 0.1) is 36.0 Å². The summed E-state index contributed by atoms with van der Waals surface area (Å²) in [6.07, 6.45) is 0.986. The first-order valence-electron chi connectivity index (χ1n) is 10.8. The summed E-state index contributed by atoms with van der Waals surface area (Å²) in [7, 11) is 0. The number of aromatic amines is 1. The topological polar surface area (TPSA) is 89.4 Å². The fraction of sp³-hybridized carbons (Fsp3) is 0.458. The fourth-order valence-corrected chi connectivity index (χ4v) is 4.10. The Balaban J connectivity index is 1.58. The molecular formula is C24H30N4O3. The van der Waals surface area contributed by atoms with Crippen molar-refractivity contribution in [3.8, 4) is 6.07 Å². The summed E-state index contributed by atoms with van der Waals surface area (Å²) in [6.45, 7) is 10.4. The van der Waals surface area contributed by atoms with Crippen LogP contribution in [0.25, 0.3) is 0 Å². The Morgan fingerprint density at radius 2 is 1.77 bits per heavy atom. The Kier molecular flexibility index (Phi) is 7.61. The van der Waals surface area contributed by atoms with E-state index in [2.05, 4.69) is 20.9 Å². The molecule has 1 aliphatic heterocycles. The third kappa shape index (κ3) is 5.60. The third-order valence-electron chi connectivity index (χ3n) is 5.73. The van der Waals surface area contributed by atoms with Crippen molar-refractivity contribution in [2.45, 2.75) is 33.7 Å². The van der Waals surface area contributed by atoms with E-state index < -0.39 is 0 Å². The molecule has 1 saturated heterocycles. The zero-order valence-corrected chi connectivity index (χ0v) is 18.5. The Hall–Kier alpha value is -2.95. The van der Waals surface area contributed by atoms with Crippen LogP contribution in [-0.4, -0.2) is 65.9 Å². The monoisotopic (exact) mass is 422 g/mol. The first-order valence-corrected chi connectivity index (χ1v) is 10.8. The van der Waals surface area contributed by atoms with Gasteiger partial charge in [0.1, 0.15) is 0 Å². The normalized spacial score (nSPS) is 15.3. The van der Waals surface area contributed by atoms with E-state index in [0.717, 1.165) is 39.1 Å². The quantitative estimate of drug-likeness (QED) is 0.545. The van der Waals surface area contributed by atoms with Crippen molar-refractivity contribution in [3.63, 3.8) is 0 Å². The first kappa shape index (κ1) is 22.7. The van der Waals surface area contributed by atoms with Crippen LogP contribution in [0.1, 0.15) is 56.6 Å². The van der Waals surface area contributed by atoms with Crippen LogP contribution >= 0.6 is 0 Å². The third-order valence-corrected chi connectivity index (χ3v) is 5.73. The van der Waals surface area contributed by atoms with Gasteiger partial charge in [0, 0.05) is 25.3 Å². The van der Waals surface area contributed by atoms with Gasteiger partial charge in [0.2, 0.25) is 0 Å². The molecule has 7 nitrogen and oxygen atoms in total. The average molecular weight is 423 g/mol. The van der Waals surface area contributed by atoms with Crippen LogP contribution < -0.4 is 0 Å². The molecule has 31 heavy (non-hydrogen) atoms. The molecule has 0 atom stereocenters. The Morgan fingerprint density at radius 1 is 1.10 bits per heavy atom. The predicted molar refractivity (Wildman–Crippen MR) is 118 cm³/mol. The Labute approximate surface area is 183 Å². The number of aromatic nitrogens is 1. The summed E-state index contributed by atoms with van der Waals surface area (Å²) in [5.41, 5.74) is 4.16. The summed E-state index contributed by atoms with van der Waals surface area (Å²) in [5, 5.41) is 8.94. The van der Waals surface area contributed by atoms with E-state index in [9.17, 15) is 9.59 Å². The number of carbonyl (C=O) groups excluding carboxylic acids is 2. The van der Waals surface area contributed by atoms with Gasteiger partial charge in [-0.15, -0.1) is 0 Å². The maximum Gasteiger partial charge on any atom is 0.340 e. The number of ether oxygens (including phenoxy) is 1. The lowest BCUT2D eigenvalue weighted by Crippen LogP contribution is -2.34. The number of hydrogen-bond donors (Lipinski definition) is 1. The number of ketones is 1. The van der Waals surface area contributed by atoms with E-state index in [1.54, 1.807) is 20.8 Å². The molecule has 1 aliphatic rings. The van der Waals surface area contributed by atoms with Crippen LogP contribution in [0.5, 0.6) is 0 Å². The largest absolute Gasteiger partial charge is 0.462 e. The van der Waals surface area contributed by atoms with Gasteiger partial charge in [-0.2, -0.15) is 5.26 Å². The van der Waals surface area contributed by atoms with Crippen molar-refractivity contribution in [2.75, 3.05) is 39.3 Å². The number of nitrogens with one attached hydrogen (secondary N) is 1. The van der Waals surface area contributed by atoms with Gasteiger partial charge >= 0.3 is 5.97 Å². The van der Waals surface area contributed by atoms with E-state index in [1.807, 2.05) is 24.3 Å². The second-order valence-corrected chi connectivity index (χ2v) is 7.98. The maximum absolute atomic E-state index is 13.0. The van der Waals surface area contributed by atoms with Crippen LogP contribution in [0, 0.1) is 25.2 Å². The van der Waals surface area contributed by atoms with Crippen molar-refractivity contribution in [1.82, 2.24) is 14.8 Å². The molecule has 2 heterocycles. The van der Waals surface area contributed by atoms with Crippen molar-refractivity contribution >= 4 is 11.8 Å². The molecule has 1 aromatic carbocycles. The zero-order valence-electron chi connectivity index (χ0n) is 18.5. The molecule has 0 aliphatic carbocycles. The number of nitriles is 1. The van der Waals surface area contributed by atoms with E-state index in [1.165, 1.54) is 5.56 Å². The van der Waals surface area contributed by atoms with Gasteiger partial charge in [0.15, 0.2) is 5.78 Å². The summed E-state index contributed by atoms with van der Waals surface area (Å²) < 4.78 is 5.12. The van der Waals surface area contributed by atoms with E-state index in [0.29, 0.717) is 41.2 Å². The van der Waals surface area contributed by atoms with Gasteiger partial charge in [-0.1, -0.05) is 12.1 Å². The van der Waals surface area contributed by atoms with Crippen LogP contribution in [0.4, 0.5) is 0 Å². The van der Waals surface area contributed by atoms with Crippen LogP contribution in [0.3, 0.4) is 0 Å². The highest BCUT2D eigenvalue weighted by Gasteiger charge is 2.24. The molecule has 164 valence electrons. The summed E-state index contributed by atoms with van der Waals surface area (Å²) in [6, 6.07) is 9.85. The van der Waals surface area contributed by atoms with Crippen LogP contribution in [0.2, 0.25) is 0 Å². The number of esters is 1. The lowest BCUT2D eigenvalue weighted by atomic mass is 10.1. The van der Waals surface area contributed by atoms with Crippen molar-refractivity contribution in [1.29, 1.82) is 5.26 Å². The van der Waals surface area contributed by atoms with Crippen molar-refractivity contribution < 1.29 is 14.3 Å². The minimum absolute atomic E-state index is 0.00306. The molecule has 3 rings (SSSR count). The highest BCUT2D eigenvalue weighted by Crippen LogP contribution is 2.20. The highest BCUT2D eigenvalue weighted by molar-refractivity contribution is 6.02. The number of carbonyl (C=O) groups is 2. The van der Waals surface area contributed by atoms with Crippen LogP contribution in [-0.2, 0) is 11.3 Å². The average Bonchev–Trinajstić information content (AvgIpc) is 2.90. The number of rotatable bonds is 7. The molecule has 0 radical (unpaired) electrons. The molecule has 0 amide bonds. The van der Waals surface area contributed by atoms with Gasteiger partial charge in [-0.05, 0) is 63.5 Å². The molecule has 1 aromatic heterocycles. The molecule has 2 aromatic rings. The van der Waals surface area contributed by atoms with E-state index in [4.69, 9.17) is 10.00 Å². The van der Waals surface area contributed by atoms with Crippen molar-refractivity contribution in [3.05, 3.63) is 57.9 Å². The van der Waals surface area contributed by atoms with E-state index in [-0.39, 0.29) is 11.8 Å². The number of benzene rings is 1. The molecule has 1 fully saturated rings. The molecule has 7 heteroatoms. The van der Waals surface area contributed by atoms with Gasteiger partial charge in [-0.3, -0.25) is 14.6 Å². The molecule has 0 bridgehead atoms. The molecule has 0 unspecified atom stereocenters. The van der Waals surface area contributed by atoms with Crippen LogP contribution in [0.15, 0.2) is 24.3 Å². The molecule has 0 spiro atoms. The lowest BCUT2D eigenvalue weighted by molar-refractivity contribution is 0.0525. The minimum Gasteiger partial charge on any atom is -0.462 e. The Morgan fingerprint density at radius 3 is 2.45 bits per heavy atom. The maximum atomic E-state index is 13.0. The highest BCUT2D eigenvalue weighted by atomic mass is 16.5. The van der Waals surface area contributed by atoms with Gasteiger partial charge in [0.25, 0.3) is 0 Å². The number of aryl methyl sites for hydroxylation is 1. The summed E-state index contributed by atoms with van der Waals surface area (Å²) >= 11 is 0. The molecular weight excluding hydrogens is 392 g/mol.